The molecule has 5 heteroatoms. The van der Waals surface area contributed by atoms with Crippen molar-refractivity contribution in [2.24, 2.45) is 0 Å². The zero-order valence-electron chi connectivity index (χ0n) is 6.32. The fourth-order valence-corrected chi connectivity index (χ4v) is 1.56. The van der Waals surface area contributed by atoms with Gasteiger partial charge in [-0.3, -0.25) is 0 Å². The zero-order valence-corrected chi connectivity index (χ0v) is 7.21. The van der Waals surface area contributed by atoms with Gasteiger partial charge >= 0.3 is 7.75 Å². The van der Waals surface area contributed by atoms with E-state index >= 15 is 0 Å². The van der Waals surface area contributed by atoms with Crippen molar-refractivity contribution in [2.75, 3.05) is 13.1 Å². The second-order valence-corrected chi connectivity index (χ2v) is 3.65. The van der Waals surface area contributed by atoms with Crippen molar-refractivity contribution in [3.05, 3.63) is 0 Å². The summed E-state index contributed by atoms with van der Waals surface area (Å²) in [6.45, 7) is 4.48. The summed E-state index contributed by atoms with van der Waals surface area (Å²) in [7, 11) is -3.96. The first-order valence-electron chi connectivity index (χ1n) is 3.33. The van der Waals surface area contributed by atoms with Crippen LogP contribution in [0.3, 0.4) is 0 Å². The van der Waals surface area contributed by atoms with Gasteiger partial charge in [0, 0.05) is 13.1 Å². The Morgan fingerprint density at radius 1 is 1.40 bits per heavy atom. The van der Waals surface area contributed by atoms with E-state index < -0.39 is 7.75 Å². The third-order valence-electron chi connectivity index (χ3n) is 1.22. The van der Waals surface area contributed by atoms with E-state index in [4.69, 9.17) is 9.79 Å². The predicted molar refractivity (Wildman–Crippen MR) is 39.6 cm³/mol. The lowest BCUT2D eigenvalue weighted by molar-refractivity contribution is 0.275. The van der Waals surface area contributed by atoms with Crippen LogP contribution < -0.4 is 0 Å². The van der Waals surface area contributed by atoms with E-state index in [1.807, 2.05) is 6.92 Å². The molecule has 0 bridgehead atoms. The molecule has 4 nitrogen and oxygen atoms in total. The van der Waals surface area contributed by atoms with E-state index in [1.54, 1.807) is 6.92 Å². The summed E-state index contributed by atoms with van der Waals surface area (Å²) >= 11 is 0. The molecule has 0 aromatic carbocycles. The third kappa shape index (κ3) is 3.32. The molecule has 10 heavy (non-hydrogen) atoms. The van der Waals surface area contributed by atoms with Crippen molar-refractivity contribution < 1.29 is 14.4 Å². The molecule has 0 amide bonds. The summed E-state index contributed by atoms with van der Waals surface area (Å²) in [5, 5.41) is 0. The van der Waals surface area contributed by atoms with E-state index in [-0.39, 0.29) is 0 Å². The van der Waals surface area contributed by atoms with Gasteiger partial charge in [0.25, 0.3) is 0 Å². The molecule has 0 aliphatic carbocycles. The van der Waals surface area contributed by atoms with Gasteiger partial charge in [0.1, 0.15) is 0 Å². The first kappa shape index (κ1) is 10.1. The lowest BCUT2D eigenvalue weighted by Gasteiger charge is -2.19. The molecule has 0 aromatic rings. The SMILES string of the molecule is CCCN(CC)P(=O)(O)O. The highest BCUT2D eigenvalue weighted by Gasteiger charge is 2.21. The lowest BCUT2D eigenvalue weighted by atomic mass is 10.5. The second kappa shape index (κ2) is 4.09. The van der Waals surface area contributed by atoms with E-state index in [2.05, 4.69) is 0 Å². The quantitative estimate of drug-likeness (QED) is 0.608. The highest BCUT2D eigenvalue weighted by Crippen LogP contribution is 2.39. The summed E-state index contributed by atoms with van der Waals surface area (Å²) in [5.74, 6) is 0. The normalized spacial score (nSPS) is 12.5. The molecule has 0 saturated carbocycles. The fraction of sp³-hybridized carbons (Fsp3) is 1.00. The molecule has 0 heterocycles. The summed E-state index contributed by atoms with van der Waals surface area (Å²) in [6.07, 6.45) is 0.763. The fourth-order valence-electron chi connectivity index (χ4n) is 0.731. The topological polar surface area (TPSA) is 60.8 Å². The number of hydrogen-bond acceptors (Lipinski definition) is 1. The van der Waals surface area contributed by atoms with Crippen LogP contribution in [0.15, 0.2) is 0 Å². The van der Waals surface area contributed by atoms with E-state index in [0.717, 1.165) is 11.1 Å². The maximum Gasteiger partial charge on any atom is 0.402 e. The summed E-state index contributed by atoms with van der Waals surface area (Å²) in [4.78, 5) is 17.3. The third-order valence-corrected chi connectivity index (χ3v) is 2.43. The minimum atomic E-state index is -3.96. The van der Waals surface area contributed by atoms with Gasteiger partial charge in [0.2, 0.25) is 0 Å². The zero-order chi connectivity index (χ0) is 8.20. The van der Waals surface area contributed by atoms with Gasteiger partial charge in [-0.15, -0.1) is 0 Å². The lowest BCUT2D eigenvalue weighted by Crippen LogP contribution is -2.20. The Morgan fingerprint density at radius 2 is 1.90 bits per heavy atom. The van der Waals surface area contributed by atoms with Gasteiger partial charge in [0.15, 0.2) is 0 Å². The molecular weight excluding hydrogens is 153 g/mol. The first-order chi connectivity index (χ1) is 4.52. The average molecular weight is 167 g/mol. The van der Waals surface area contributed by atoms with Crippen molar-refractivity contribution in [3.63, 3.8) is 0 Å². The molecule has 62 valence electrons. The van der Waals surface area contributed by atoms with Crippen LogP contribution >= 0.6 is 7.75 Å². The Bertz CT molecular complexity index is 133. The van der Waals surface area contributed by atoms with Gasteiger partial charge < -0.3 is 9.79 Å². The van der Waals surface area contributed by atoms with Crippen LogP contribution in [0.5, 0.6) is 0 Å². The van der Waals surface area contributed by atoms with Crippen molar-refractivity contribution in [1.29, 1.82) is 0 Å². The molecule has 0 spiro atoms. The van der Waals surface area contributed by atoms with Crippen molar-refractivity contribution >= 4 is 7.75 Å². The second-order valence-electron chi connectivity index (χ2n) is 2.06. The highest BCUT2D eigenvalue weighted by atomic mass is 31.2. The predicted octanol–water partition coefficient (Wildman–Crippen LogP) is 0.811. The number of rotatable bonds is 4. The monoisotopic (exact) mass is 167 g/mol. The molecule has 0 fully saturated rings. The standard InChI is InChI=1S/C5H14NO3P/c1-3-5-6(4-2)10(7,8)9/h3-5H2,1-2H3,(H2,7,8,9). The maximum absolute atomic E-state index is 10.6. The Labute approximate surface area is 61.1 Å². The van der Waals surface area contributed by atoms with Crippen LogP contribution in [0.4, 0.5) is 0 Å². The summed E-state index contributed by atoms with van der Waals surface area (Å²) in [6, 6.07) is 0. The number of hydrogen-bond donors (Lipinski definition) is 2. The van der Waals surface area contributed by atoms with Gasteiger partial charge in [-0.1, -0.05) is 13.8 Å². The van der Waals surface area contributed by atoms with Crippen LogP contribution in [-0.2, 0) is 4.57 Å². The minimum absolute atomic E-state index is 0.401. The van der Waals surface area contributed by atoms with Gasteiger partial charge in [-0.25, -0.2) is 9.24 Å². The molecule has 2 N–H and O–H groups in total. The van der Waals surface area contributed by atoms with Crippen LogP contribution in [0.2, 0.25) is 0 Å². The summed E-state index contributed by atoms with van der Waals surface area (Å²) in [5.41, 5.74) is 0. The van der Waals surface area contributed by atoms with Crippen LogP contribution in [0, 0.1) is 0 Å². The Morgan fingerprint density at radius 3 is 2.00 bits per heavy atom. The van der Waals surface area contributed by atoms with Crippen LogP contribution in [0.1, 0.15) is 20.3 Å². The highest BCUT2D eigenvalue weighted by molar-refractivity contribution is 7.49. The Kier molecular flexibility index (Phi) is 4.13. The Balaban J connectivity index is 3.94. The van der Waals surface area contributed by atoms with Gasteiger partial charge in [-0.05, 0) is 6.42 Å². The van der Waals surface area contributed by atoms with Crippen molar-refractivity contribution in [2.45, 2.75) is 20.3 Å². The largest absolute Gasteiger partial charge is 0.402 e. The van der Waals surface area contributed by atoms with Gasteiger partial charge in [0.05, 0.1) is 0 Å². The Hall–Kier alpha value is 0.110. The molecule has 0 aliphatic rings. The molecule has 0 saturated heterocycles. The maximum atomic E-state index is 10.6. The van der Waals surface area contributed by atoms with Crippen LogP contribution in [-0.4, -0.2) is 27.5 Å². The van der Waals surface area contributed by atoms with E-state index in [9.17, 15) is 4.57 Å². The molecule has 0 atom stereocenters. The van der Waals surface area contributed by atoms with E-state index in [0.29, 0.717) is 13.1 Å². The first-order valence-corrected chi connectivity index (χ1v) is 4.89. The van der Waals surface area contributed by atoms with Gasteiger partial charge in [-0.2, -0.15) is 0 Å². The molecule has 0 unspecified atom stereocenters. The van der Waals surface area contributed by atoms with Crippen LogP contribution in [0.25, 0.3) is 0 Å². The number of nitrogens with zero attached hydrogens (tertiary/aromatic N) is 1. The smallest absolute Gasteiger partial charge is 0.312 e. The average Bonchev–Trinajstić information content (AvgIpc) is 1.80. The molecule has 0 aliphatic heterocycles. The molecule has 0 aromatic heterocycles. The van der Waals surface area contributed by atoms with E-state index in [1.165, 1.54) is 0 Å². The molecule has 0 radical (unpaired) electrons. The van der Waals surface area contributed by atoms with Crippen molar-refractivity contribution in [1.82, 2.24) is 4.67 Å². The molecular formula is C5H14NO3P. The molecule has 0 rings (SSSR count). The minimum Gasteiger partial charge on any atom is -0.312 e. The van der Waals surface area contributed by atoms with Crippen molar-refractivity contribution in [3.8, 4) is 0 Å². The summed E-state index contributed by atoms with van der Waals surface area (Å²) < 4.78 is 11.7.